The summed E-state index contributed by atoms with van der Waals surface area (Å²) in [5.41, 5.74) is 2.59. The van der Waals surface area contributed by atoms with Crippen molar-refractivity contribution < 1.29 is 23.8 Å². The summed E-state index contributed by atoms with van der Waals surface area (Å²) in [7, 11) is 4.75. The van der Waals surface area contributed by atoms with Gasteiger partial charge in [-0.15, -0.1) is 0 Å². The number of fused-ring (bicyclic) bond motifs is 1. The summed E-state index contributed by atoms with van der Waals surface area (Å²) in [6.45, 7) is 1.79. The minimum atomic E-state index is -0.336. The quantitative estimate of drug-likeness (QED) is 0.713. The molecule has 3 rings (SSSR count). The van der Waals surface area contributed by atoms with Crippen LogP contribution >= 0.6 is 0 Å². The molecule has 8 nitrogen and oxygen atoms in total. The van der Waals surface area contributed by atoms with E-state index < -0.39 is 0 Å². The van der Waals surface area contributed by atoms with Gasteiger partial charge >= 0.3 is 0 Å². The van der Waals surface area contributed by atoms with Gasteiger partial charge in [0.1, 0.15) is 11.4 Å². The monoisotopic (exact) mass is 399 g/mol. The highest BCUT2D eigenvalue weighted by Crippen LogP contribution is 2.33. The Morgan fingerprint density at radius 1 is 1.07 bits per heavy atom. The standard InChI is InChI=1S/C21H25N3O5/c1-27-10-8-22-20(25)16-5-4-6-17(23-16)21(26)24-9-7-14-11-18(28-2)19(29-3)12-15(14)13-24/h4-6,11-12H,7-10,13H2,1-3H3,(H,22,25). The number of methoxy groups -OCH3 is 3. The van der Waals surface area contributed by atoms with Gasteiger partial charge in [-0.1, -0.05) is 6.07 Å². The van der Waals surface area contributed by atoms with E-state index in [-0.39, 0.29) is 23.2 Å². The van der Waals surface area contributed by atoms with E-state index in [2.05, 4.69) is 10.3 Å². The molecule has 0 aliphatic carbocycles. The second kappa shape index (κ2) is 9.38. The fourth-order valence-electron chi connectivity index (χ4n) is 3.26. The van der Waals surface area contributed by atoms with Gasteiger partial charge in [0.25, 0.3) is 11.8 Å². The molecule has 0 atom stereocenters. The van der Waals surface area contributed by atoms with E-state index in [1.165, 1.54) is 0 Å². The van der Waals surface area contributed by atoms with Crippen molar-refractivity contribution in [2.75, 3.05) is 41.0 Å². The van der Waals surface area contributed by atoms with Crippen LogP contribution in [0.4, 0.5) is 0 Å². The molecular formula is C21H25N3O5. The summed E-state index contributed by atoms with van der Waals surface area (Å²) in [6, 6.07) is 8.73. The highest BCUT2D eigenvalue weighted by molar-refractivity contribution is 5.96. The molecule has 1 aliphatic rings. The Hall–Kier alpha value is -3.13. The van der Waals surface area contributed by atoms with Gasteiger partial charge < -0.3 is 24.4 Å². The third kappa shape index (κ3) is 4.65. The van der Waals surface area contributed by atoms with E-state index in [9.17, 15) is 9.59 Å². The van der Waals surface area contributed by atoms with Crippen molar-refractivity contribution in [1.82, 2.24) is 15.2 Å². The van der Waals surface area contributed by atoms with Gasteiger partial charge in [0, 0.05) is 26.7 Å². The largest absolute Gasteiger partial charge is 0.493 e. The molecule has 0 unspecified atom stereocenters. The predicted octanol–water partition coefficient (Wildman–Crippen LogP) is 1.67. The number of carbonyl (C=O) groups is 2. The summed E-state index contributed by atoms with van der Waals surface area (Å²) in [6.07, 6.45) is 0.707. The highest BCUT2D eigenvalue weighted by atomic mass is 16.5. The average Bonchev–Trinajstić information content (AvgIpc) is 2.77. The Morgan fingerprint density at radius 2 is 1.76 bits per heavy atom. The maximum Gasteiger partial charge on any atom is 0.272 e. The Kier molecular flexibility index (Phi) is 6.66. The van der Waals surface area contributed by atoms with Crippen LogP contribution in [0.5, 0.6) is 11.5 Å². The van der Waals surface area contributed by atoms with Crippen LogP contribution in [0.25, 0.3) is 0 Å². The first kappa shape index (κ1) is 20.6. The van der Waals surface area contributed by atoms with Crippen LogP contribution in [0.2, 0.25) is 0 Å². The zero-order valence-electron chi connectivity index (χ0n) is 16.9. The lowest BCUT2D eigenvalue weighted by molar-refractivity contribution is 0.0728. The van der Waals surface area contributed by atoms with E-state index in [1.54, 1.807) is 44.4 Å². The molecule has 0 spiro atoms. The third-order valence-electron chi connectivity index (χ3n) is 4.80. The molecular weight excluding hydrogens is 374 g/mol. The number of benzene rings is 1. The van der Waals surface area contributed by atoms with Crippen LogP contribution in [-0.2, 0) is 17.7 Å². The van der Waals surface area contributed by atoms with Gasteiger partial charge in [0.2, 0.25) is 0 Å². The molecule has 154 valence electrons. The van der Waals surface area contributed by atoms with E-state index in [0.717, 1.165) is 11.1 Å². The van der Waals surface area contributed by atoms with Crippen molar-refractivity contribution in [2.24, 2.45) is 0 Å². The van der Waals surface area contributed by atoms with Gasteiger partial charge in [-0.2, -0.15) is 0 Å². The first-order valence-corrected chi connectivity index (χ1v) is 9.34. The Labute approximate surface area is 169 Å². The maximum atomic E-state index is 13.0. The number of carbonyl (C=O) groups excluding carboxylic acids is 2. The summed E-state index contributed by atoms with van der Waals surface area (Å²) < 4.78 is 15.6. The van der Waals surface area contributed by atoms with Crippen molar-refractivity contribution >= 4 is 11.8 Å². The van der Waals surface area contributed by atoms with Gasteiger partial charge in [-0.3, -0.25) is 9.59 Å². The van der Waals surface area contributed by atoms with Gasteiger partial charge in [0.15, 0.2) is 11.5 Å². The van der Waals surface area contributed by atoms with Gasteiger partial charge in [-0.05, 0) is 41.8 Å². The molecule has 0 radical (unpaired) electrons. The normalized spacial score (nSPS) is 12.9. The average molecular weight is 399 g/mol. The van der Waals surface area contributed by atoms with Crippen molar-refractivity contribution in [2.45, 2.75) is 13.0 Å². The zero-order valence-corrected chi connectivity index (χ0v) is 16.9. The van der Waals surface area contributed by atoms with Crippen LogP contribution in [-0.4, -0.2) is 62.7 Å². The van der Waals surface area contributed by atoms with Gasteiger partial charge in [-0.25, -0.2) is 4.98 Å². The number of pyridine rings is 1. The summed E-state index contributed by atoms with van der Waals surface area (Å²) >= 11 is 0. The zero-order chi connectivity index (χ0) is 20.8. The number of ether oxygens (including phenoxy) is 3. The first-order chi connectivity index (χ1) is 14.1. The van der Waals surface area contributed by atoms with Crippen LogP contribution < -0.4 is 14.8 Å². The van der Waals surface area contributed by atoms with Crippen LogP contribution in [0.15, 0.2) is 30.3 Å². The highest BCUT2D eigenvalue weighted by Gasteiger charge is 2.25. The second-order valence-corrected chi connectivity index (χ2v) is 6.61. The van der Waals surface area contributed by atoms with Crippen LogP contribution in [0.1, 0.15) is 32.1 Å². The van der Waals surface area contributed by atoms with Crippen molar-refractivity contribution in [1.29, 1.82) is 0 Å². The second-order valence-electron chi connectivity index (χ2n) is 6.61. The molecule has 2 heterocycles. The number of amides is 2. The van der Waals surface area contributed by atoms with Crippen molar-refractivity contribution in [3.8, 4) is 11.5 Å². The smallest absolute Gasteiger partial charge is 0.272 e. The van der Waals surface area contributed by atoms with Crippen LogP contribution in [0.3, 0.4) is 0 Å². The number of aromatic nitrogens is 1. The molecule has 1 aromatic heterocycles. The van der Waals surface area contributed by atoms with Crippen LogP contribution in [0, 0.1) is 0 Å². The number of hydrogen-bond donors (Lipinski definition) is 1. The molecule has 0 saturated carbocycles. The SMILES string of the molecule is COCCNC(=O)c1cccc(C(=O)N2CCc3cc(OC)c(OC)cc3C2)n1. The molecule has 2 amide bonds. The first-order valence-electron chi connectivity index (χ1n) is 9.34. The lowest BCUT2D eigenvalue weighted by atomic mass is 9.98. The summed E-state index contributed by atoms with van der Waals surface area (Å²) in [5.74, 6) is 0.766. The predicted molar refractivity (Wildman–Crippen MR) is 106 cm³/mol. The van der Waals surface area contributed by atoms with Crippen molar-refractivity contribution in [3.05, 3.63) is 52.8 Å². The molecule has 1 N–H and O–H groups in total. The molecule has 1 aromatic carbocycles. The third-order valence-corrected chi connectivity index (χ3v) is 4.80. The van der Waals surface area contributed by atoms with E-state index in [0.29, 0.717) is 44.2 Å². The van der Waals surface area contributed by atoms with E-state index in [1.807, 2.05) is 12.1 Å². The minimum Gasteiger partial charge on any atom is -0.493 e. The molecule has 8 heteroatoms. The topological polar surface area (TPSA) is 90.0 Å². The number of hydrogen-bond acceptors (Lipinski definition) is 6. The molecule has 0 saturated heterocycles. The molecule has 0 bridgehead atoms. The fourth-order valence-corrected chi connectivity index (χ4v) is 3.26. The number of rotatable bonds is 7. The molecule has 29 heavy (non-hydrogen) atoms. The summed E-state index contributed by atoms with van der Waals surface area (Å²) in [4.78, 5) is 31.1. The lowest BCUT2D eigenvalue weighted by Crippen LogP contribution is -2.37. The Morgan fingerprint density at radius 3 is 2.45 bits per heavy atom. The maximum absolute atomic E-state index is 13.0. The molecule has 1 aliphatic heterocycles. The Bertz CT molecular complexity index is 900. The summed E-state index contributed by atoms with van der Waals surface area (Å²) in [5, 5.41) is 2.70. The van der Waals surface area contributed by atoms with E-state index >= 15 is 0 Å². The fraction of sp³-hybridized carbons (Fsp3) is 0.381. The van der Waals surface area contributed by atoms with Crippen molar-refractivity contribution in [3.63, 3.8) is 0 Å². The minimum absolute atomic E-state index is 0.204. The number of nitrogens with zero attached hydrogens (tertiary/aromatic N) is 2. The Balaban J connectivity index is 1.75. The van der Waals surface area contributed by atoms with E-state index in [4.69, 9.17) is 14.2 Å². The van der Waals surface area contributed by atoms with Gasteiger partial charge in [0.05, 0.1) is 20.8 Å². The lowest BCUT2D eigenvalue weighted by Gasteiger charge is -2.29. The molecule has 2 aromatic rings. The molecule has 0 fully saturated rings. The number of nitrogens with one attached hydrogen (secondary N) is 1.